The smallest absolute Gasteiger partial charge is 0.247 e. The molecule has 1 amide bonds. The molecule has 0 bridgehead atoms. The lowest BCUT2D eigenvalue weighted by atomic mass is 10.1. The summed E-state index contributed by atoms with van der Waals surface area (Å²) in [6.45, 7) is 2.19. The van der Waals surface area contributed by atoms with E-state index in [4.69, 9.17) is 0 Å². The lowest BCUT2D eigenvalue weighted by Crippen LogP contribution is -2.38. The van der Waals surface area contributed by atoms with Crippen LogP contribution in [0.4, 0.5) is 11.6 Å². The molecular formula is C15H14N8O. The Hall–Kier alpha value is -3.36. The molecule has 0 radical (unpaired) electrons. The van der Waals surface area contributed by atoms with Crippen LogP contribution in [0.15, 0.2) is 24.8 Å². The molecule has 3 aromatic rings. The molecule has 24 heavy (non-hydrogen) atoms. The van der Waals surface area contributed by atoms with Crippen molar-refractivity contribution in [3.8, 4) is 22.8 Å². The number of aryl methyl sites for hydroxylation is 1. The number of nitrogens with one attached hydrogen (secondary N) is 2. The average molecular weight is 322 g/mol. The number of pyridine rings is 1. The van der Waals surface area contributed by atoms with Crippen molar-refractivity contribution in [1.29, 1.82) is 0 Å². The number of rotatable bonds is 2. The normalized spacial score (nSPS) is 13.6. The minimum absolute atomic E-state index is 0.0514. The molecule has 9 heteroatoms. The number of hydrogen-bond acceptors (Lipinski definition) is 7. The van der Waals surface area contributed by atoms with E-state index in [9.17, 15) is 4.79 Å². The summed E-state index contributed by atoms with van der Waals surface area (Å²) in [6, 6.07) is 1.91. The monoisotopic (exact) mass is 322 g/mol. The highest BCUT2D eigenvalue weighted by atomic mass is 16.2. The van der Waals surface area contributed by atoms with Gasteiger partial charge in [-0.3, -0.25) is 19.8 Å². The molecule has 9 nitrogen and oxygen atoms in total. The zero-order valence-electron chi connectivity index (χ0n) is 13.1. The molecule has 0 saturated carbocycles. The number of fused-ring (bicyclic) bond motifs is 1. The molecule has 0 atom stereocenters. The van der Waals surface area contributed by atoms with Gasteiger partial charge >= 0.3 is 0 Å². The highest BCUT2D eigenvalue weighted by Crippen LogP contribution is 2.29. The maximum Gasteiger partial charge on any atom is 0.247 e. The predicted octanol–water partition coefficient (Wildman–Crippen LogP) is 1.02. The third-order valence-electron chi connectivity index (χ3n) is 3.90. The van der Waals surface area contributed by atoms with Crippen molar-refractivity contribution in [3.05, 3.63) is 30.4 Å². The molecule has 0 aliphatic carbocycles. The third kappa shape index (κ3) is 2.26. The van der Waals surface area contributed by atoms with Gasteiger partial charge in [-0.1, -0.05) is 0 Å². The number of nitrogens with zero attached hydrogens (tertiary/aromatic N) is 6. The number of aromatic nitrogens is 6. The number of carbonyl (C=O) groups excluding carboxylic acids is 1. The topological polar surface area (TPSA) is 113 Å². The molecule has 1 aliphatic rings. The van der Waals surface area contributed by atoms with Gasteiger partial charge in [0.2, 0.25) is 5.91 Å². The van der Waals surface area contributed by atoms with Crippen LogP contribution in [0.25, 0.3) is 22.8 Å². The fraction of sp³-hybridized carbons (Fsp3) is 0.200. The van der Waals surface area contributed by atoms with Gasteiger partial charge in [0.05, 0.1) is 18.4 Å². The summed E-state index contributed by atoms with van der Waals surface area (Å²) in [7, 11) is 1.69. The Morgan fingerprint density at radius 3 is 2.79 bits per heavy atom. The zero-order valence-corrected chi connectivity index (χ0v) is 13.1. The maximum atomic E-state index is 11.8. The van der Waals surface area contributed by atoms with Crippen molar-refractivity contribution in [1.82, 2.24) is 30.1 Å². The van der Waals surface area contributed by atoms with Gasteiger partial charge in [0.1, 0.15) is 12.0 Å². The van der Waals surface area contributed by atoms with Gasteiger partial charge in [0.25, 0.3) is 0 Å². The number of amides is 1. The first-order chi connectivity index (χ1) is 11.6. The number of likely N-dealkylation sites (N-methyl/N-ethyl adjacent to an activating group) is 1. The largest absolute Gasteiger partial charge is 0.358 e. The minimum Gasteiger partial charge on any atom is -0.358 e. The molecule has 2 N–H and O–H groups in total. The van der Waals surface area contributed by atoms with Crippen LogP contribution >= 0.6 is 0 Å². The Balaban J connectivity index is 1.76. The van der Waals surface area contributed by atoms with Crippen LogP contribution in [0, 0.1) is 6.92 Å². The van der Waals surface area contributed by atoms with Crippen LogP contribution in [0.2, 0.25) is 0 Å². The number of anilines is 2. The van der Waals surface area contributed by atoms with Crippen molar-refractivity contribution < 1.29 is 4.79 Å². The Morgan fingerprint density at radius 1 is 1.17 bits per heavy atom. The average Bonchev–Trinajstić information content (AvgIpc) is 3.13. The molecule has 0 saturated heterocycles. The van der Waals surface area contributed by atoms with E-state index < -0.39 is 0 Å². The van der Waals surface area contributed by atoms with E-state index in [1.807, 2.05) is 13.0 Å². The zero-order chi connectivity index (χ0) is 16.7. The predicted molar refractivity (Wildman–Crippen MR) is 87.3 cm³/mol. The molecule has 120 valence electrons. The van der Waals surface area contributed by atoms with Crippen LogP contribution in [-0.2, 0) is 4.79 Å². The van der Waals surface area contributed by atoms with Gasteiger partial charge in [-0.05, 0) is 18.6 Å². The second-order valence-corrected chi connectivity index (χ2v) is 5.45. The fourth-order valence-corrected chi connectivity index (χ4v) is 2.55. The standard InChI is InChI=1S/C15H14N8O/c1-8-3-10(13-19-7-20-22-13)16-4-9(8)11-5-17-14-15(21-11)23(2)12(24)6-18-14/h3-5,7H,6H2,1-2H3,(H,17,18)(H,19,20,22). The van der Waals surface area contributed by atoms with Crippen molar-refractivity contribution >= 4 is 17.5 Å². The summed E-state index contributed by atoms with van der Waals surface area (Å²) in [5.74, 6) is 1.67. The van der Waals surface area contributed by atoms with Gasteiger partial charge in [0.15, 0.2) is 17.5 Å². The molecule has 0 fully saturated rings. The lowest BCUT2D eigenvalue weighted by Gasteiger charge is -2.25. The van der Waals surface area contributed by atoms with Crippen LogP contribution in [-0.4, -0.2) is 49.6 Å². The summed E-state index contributed by atoms with van der Waals surface area (Å²) < 4.78 is 0. The number of carbonyl (C=O) groups is 1. The summed E-state index contributed by atoms with van der Waals surface area (Å²) in [4.78, 5) is 30.8. The van der Waals surface area contributed by atoms with E-state index in [0.29, 0.717) is 28.8 Å². The van der Waals surface area contributed by atoms with E-state index in [0.717, 1.165) is 11.1 Å². The van der Waals surface area contributed by atoms with Gasteiger partial charge in [0, 0.05) is 18.8 Å². The quantitative estimate of drug-likeness (QED) is 0.724. The molecular weight excluding hydrogens is 308 g/mol. The second kappa shape index (κ2) is 5.37. The number of H-pyrrole nitrogens is 1. The fourth-order valence-electron chi connectivity index (χ4n) is 2.55. The van der Waals surface area contributed by atoms with E-state index in [-0.39, 0.29) is 12.5 Å². The van der Waals surface area contributed by atoms with Crippen LogP contribution in [0.3, 0.4) is 0 Å². The van der Waals surface area contributed by atoms with E-state index in [1.165, 1.54) is 11.2 Å². The first-order valence-electron chi connectivity index (χ1n) is 7.33. The van der Waals surface area contributed by atoms with Crippen molar-refractivity contribution in [2.24, 2.45) is 0 Å². The lowest BCUT2D eigenvalue weighted by molar-refractivity contribution is -0.116. The highest BCUT2D eigenvalue weighted by Gasteiger charge is 2.23. The molecule has 3 aromatic heterocycles. The first-order valence-corrected chi connectivity index (χ1v) is 7.33. The van der Waals surface area contributed by atoms with Crippen molar-refractivity contribution in [3.63, 3.8) is 0 Å². The molecule has 0 aromatic carbocycles. The molecule has 0 unspecified atom stereocenters. The first kappa shape index (κ1) is 14.2. The van der Waals surface area contributed by atoms with Crippen LogP contribution in [0.5, 0.6) is 0 Å². The molecule has 1 aliphatic heterocycles. The van der Waals surface area contributed by atoms with E-state index in [1.54, 1.807) is 19.4 Å². The van der Waals surface area contributed by atoms with Gasteiger partial charge in [-0.2, -0.15) is 5.10 Å². The highest BCUT2D eigenvalue weighted by molar-refractivity contribution is 6.00. The summed E-state index contributed by atoms with van der Waals surface area (Å²) in [5.41, 5.74) is 3.18. The Bertz CT molecular complexity index is 921. The van der Waals surface area contributed by atoms with Gasteiger partial charge in [-0.15, -0.1) is 0 Å². The summed E-state index contributed by atoms with van der Waals surface area (Å²) in [5, 5.41) is 9.58. The van der Waals surface area contributed by atoms with Gasteiger partial charge in [-0.25, -0.2) is 15.0 Å². The second-order valence-electron chi connectivity index (χ2n) is 5.45. The molecule has 0 spiro atoms. The van der Waals surface area contributed by atoms with Crippen LogP contribution in [0.1, 0.15) is 5.56 Å². The van der Waals surface area contributed by atoms with E-state index >= 15 is 0 Å². The maximum absolute atomic E-state index is 11.8. The SMILES string of the molecule is Cc1cc(-c2ncn[nH]2)ncc1-c1cnc2c(n1)N(C)C(=O)CN2. The van der Waals surface area contributed by atoms with Crippen molar-refractivity contribution in [2.75, 3.05) is 23.8 Å². The Kier molecular flexibility index (Phi) is 3.19. The molecule has 4 heterocycles. The van der Waals surface area contributed by atoms with Crippen molar-refractivity contribution in [2.45, 2.75) is 6.92 Å². The van der Waals surface area contributed by atoms with Crippen LogP contribution < -0.4 is 10.2 Å². The molecule has 4 rings (SSSR count). The Labute approximate surface area is 137 Å². The summed E-state index contributed by atoms with van der Waals surface area (Å²) >= 11 is 0. The number of aromatic amines is 1. The number of hydrogen-bond donors (Lipinski definition) is 2. The van der Waals surface area contributed by atoms with Gasteiger partial charge < -0.3 is 5.32 Å². The third-order valence-corrected chi connectivity index (χ3v) is 3.90. The van der Waals surface area contributed by atoms with E-state index in [2.05, 4.69) is 35.5 Å². The Morgan fingerprint density at radius 2 is 2.04 bits per heavy atom. The summed E-state index contributed by atoms with van der Waals surface area (Å²) in [6.07, 6.45) is 4.84. The minimum atomic E-state index is -0.0514.